The third kappa shape index (κ3) is 3.17. The highest BCUT2D eigenvalue weighted by Crippen LogP contribution is 2.42. The topological polar surface area (TPSA) is 45.6 Å². The van der Waals surface area contributed by atoms with Crippen LogP contribution in [0.1, 0.15) is 34.6 Å². The molecule has 2 aliphatic rings. The van der Waals surface area contributed by atoms with Crippen LogP contribution in [0, 0.1) is 5.92 Å². The van der Waals surface area contributed by atoms with E-state index >= 15 is 0 Å². The van der Waals surface area contributed by atoms with Crippen LogP contribution in [-0.2, 0) is 11.2 Å². The summed E-state index contributed by atoms with van der Waals surface area (Å²) in [5, 5.41) is 3.09. The number of thiophene rings is 1. The van der Waals surface area contributed by atoms with E-state index in [-0.39, 0.29) is 23.8 Å². The lowest BCUT2D eigenvalue weighted by molar-refractivity contribution is -0.134. The summed E-state index contributed by atoms with van der Waals surface area (Å²) in [6, 6.07) is 10.2. The number of aromatic nitrogens is 1. The van der Waals surface area contributed by atoms with E-state index in [0.717, 1.165) is 47.4 Å². The largest absolute Gasteiger partial charge is 0.343 e. The molecule has 0 saturated heterocycles. The van der Waals surface area contributed by atoms with Crippen molar-refractivity contribution in [1.82, 2.24) is 14.4 Å². The second kappa shape index (κ2) is 7.77. The van der Waals surface area contributed by atoms with Crippen molar-refractivity contribution in [2.24, 2.45) is 5.92 Å². The minimum Gasteiger partial charge on any atom is -0.343 e. The number of fused-ring (bicyclic) bond motifs is 2. The first kappa shape index (κ1) is 20.2. The first-order chi connectivity index (χ1) is 15.0. The molecule has 1 aliphatic heterocycles. The molecular weight excluding hydrogens is 406 g/mol. The summed E-state index contributed by atoms with van der Waals surface area (Å²) >= 11 is 1.47. The number of nitrogens with zero attached hydrogens (tertiary/aromatic N) is 3. The van der Waals surface area contributed by atoms with Crippen LogP contribution in [0.4, 0.5) is 0 Å². The average Bonchev–Trinajstić information content (AvgIpc) is 3.44. The molecule has 3 heterocycles. The van der Waals surface area contributed by atoms with E-state index in [1.54, 1.807) is 4.57 Å². The Morgan fingerprint density at radius 3 is 2.68 bits per heavy atom. The van der Waals surface area contributed by atoms with Crippen LogP contribution in [0.3, 0.4) is 0 Å². The number of benzene rings is 1. The maximum absolute atomic E-state index is 13.1. The summed E-state index contributed by atoms with van der Waals surface area (Å²) in [5.74, 6) is 0.0826. The van der Waals surface area contributed by atoms with Gasteiger partial charge in [0.15, 0.2) is 0 Å². The number of hydrogen-bond acceptors (Lipinski definition) is 4. The van der Waals surface area contributed by atoms with Gasteiger partial charge < -0.3 is 4.90 Å². The van der Waals surface area contributed by atoms with E-state index in [4.69, 9.17) is 0 Å². The van der Waals surface area contributed by atoms with Gasteiger partial charge in [0.05, 0.1) is 16.3 Å². The van der Waals surface area contributed by atoms with Crippen LogP contribution >= 0.6 is 11.3 Å². The molecule has 5 nitrogen and oxygen atoms in total. The summed E-state index contributed by atoms with van der Waals surface area (Å²) in [7, 11) is 2.11. The Hall–Kier alpha value is -2.70. The van der Waals surface area contributed by atoms with Crippen LogP contribution in [0.25, 0.3) is 16.5 Å². The summed E-state index contributed by atoms with van der Waals surface area (Å²) in [4.78, 5) is 31.2. The lowest BCUT2D eigenvalue weighted by Gasteiger charge is -2.40. The van der Waals surface area contributed by atoms with Gasteiger partial charge in [-0.15, -0.1) is 11.3 Å². The molecule has 2 atom stereocenters. The SMILES string of the molecule is CCN(CC)C(=O)[C@@H]1C=C2c3cccc4c3c(cn4C(=O)c3cccs3)C[C@H]2N(C)C1. The van der Waals surface area contributed by atoms with Crippen LogP contribution in [-0.4, -0.2) is 58.9 Å². The quantitative estimate of drug-likeness (QED) is 0.622. The molecule has 1 aliphatic carbocycles. The highest BCUT2D eigenvalue weighted by atomic mass is 32.1. The molecule has 2 aromatic heterocycles. The Morgan fingerprint density at radius 2 is 1.97 bits per heavy atom. The zero-order chi connectivity index (χ0) is 21.7. The van der Waals surface area contributed by atoms with E-state index in [9.17, 15) is 9.59 Å². The van der Waals surface area contributed by atoms with Gasteiger partial charge in [0.2, 0.25) is 5.91 Å². The smallest absolute Gasteiger partial charge is 0.272 e. The van der Waals surface area contributed by atoms with Crippen LogP contribution in [0.2, 0.25) is 0 Å². The van der Waals surface area contributed by atoms with E-state index in [2.05, 4.69) is 24.1 Å². The van der Waals surface area contributed by atoms with Crippen molar-refractivity contribution in [3.8, 4) is 0 Å². The van der Waals surface area contributed by atoms with Crippen molar-refractivity contribution in [3.63, 3.8) is 0 Å². The zero-order valence-corrected chi connectivity index (χ0v) is 19.0. The Morgan fingerprint density at radius 1 is 1.16 bits per heavy atom. The number of hydrogen-bond donors (Lipinski definition) is 0. The molecule has 31 heavy (non-hydrogen) atoms. The molecule has 0 bridgehead atoms. The Labute approximate surface area is 186 Å². The van der Waals surface area contributed by atoms with Crippen molar-refractivity contribution in [1.29, 1.82) is 0 Å². The summed E-state index contributed by atoms with van der Waals surface area (Å²) in [5.41, 5.74) is 4.53. The normalized spacial score (nSPS) is 20.4. The maximum Gasteiger partial charge on any atom is 0.272 e. The molecule has 5 rings (SSSR count). The van der Waals surface area contributed by atoms with Gasteiger partial charge in [-0.3, -0.25) is 19.1 Å². The van der Waals surface area contributed by atoms with E-state index in [1.807, 2.05) is 54.6 Å². The number of carbonyl (C=O) groups is 2. The standard InChI is InChI=1S/C25H27N3O2S/c1-4-27(5-2)24(29)17-12-19-18-8-6-9-20-23(18)16(13-21(19)26(3)14-17)15-28(20)25(30)22-10-7-11-31-22/h6-12,15,17,21H,4-5,13-14H2,1-3H3/t17-,21-/m1/s1. The van der Waals surface area contributed by atoms with Crippen molar-refractivity contribution in [2.45, 2.75) is 26.3 Å². The molecule has 160 valence electrons. The average molecular weight is 434 g/mol. The second-order valence-corrected chi connectivity index (χ2v) is 9.35. The predicted octanol–water partition coefficient (Wildman–Crippen LogP) is 4.13. The van der Waals surface area contributed by atoms with Crippen molar-refractivity contribution in [2.75, 3.05) is 26.7 Å². The third-order valence-electron chi connectivity index (χ3n) is 6.73. The molecule has 0 spiro atoms. The fourth-order valence-corrected chi connectivity index (χ4v) is 5.83. The molecule has 0 fully saturated rings. The van der Waals surface area contributed by atoms with E-state index < -0.39 is 0 Å². The highest BCUT2D eigenvalue weighted by molar-refractivity contribution is 7.12. The monoisotopic (exact) mass is 433 g/mol. The highest BCUT2D eigenvalue weighted by Gasteiger charge is 2.37. The van der Waals surface area contributed by atoms with Gasteiger partial charge >= 0.3 is 0 Å². The van der Waals surface area contributed by atoms with Gasteiger partial charge in [0, 0.05) is 37.3 Å². The Kier molecular flexibility index (Phi) is 5.07. The van der Waals surface area contributed by atoms with Gasteiger partial charge in [-0.2, -0.15) is 0 Å². The molecule has 0 N–H and O–H groups in total. The van der Waals surface area contributed by atoms with Crippen molar-refractivity contribution >= 4 is 39.6 Å². The molecule has 1 aromatic carbocycles. The van der Waals surface area contributed by atoms with Crippen LogP contribution in [0.15, 0.2) is 48.0 Å². The number of likely N-dealkylation sites (N-methyl/N-ethyl adjacent to an activating group) is 1. The number of rotatable bonds is 4. The van der Waals surface area contributed by atoms with Gasteiger partial charge in [-0.1, -0.05) is 24.3 Å². The van der Waals surface area contributed by atoms with Gasteiger partial charge in [-0.05, 0) is 61.5 Å². The fraction of sp³-hybridized carbons (Fsp3) is 0.360. The van der Waals surface area contributed by atoms with Crippen molar-refractivity contribution < 1.29 is 9.59 Å². The molecular formula is C25H27N3O2S. The molecule has 1 amide bonds. The summed E-state index contributed by atoms with van der Waals surface area (Å²) < 4.78 is 1.80. The van der Waals surface area contributed by atoms with E-state index in [0.29, 0.717) is 0 Å². The number of amides is 1. The minimum absolute atomic E-state index is 0.0187. The first-order valence-electron chi connectivity index (χ1n) is 11.0. The lowest BCUT2D eigenvalue weighted by Crippen LogP contribution is -2.47. The van der Waals surface area contributed by atoms with Crippen molar-refractivity contribution in [3.05, 3.63) is 64.0 Å². The predicted molar refractivity (Wildman–Crippen MR) is 126 cm³/mol. The van der Waals surface area contributed by atoms with Gasteiger partial charge in [0.1, 0.15) is 0 Å². The van der Waals surface area contributed by atoms with E-state index in [1.165, 1.54) is 22.5 Å². The van der Waals surface area contributed by atoms with Gasteiger partial charge in [-0.25, -0.2) is 0 Å². The number of carbonyl (C=O) groups excluding carboxylic acids is 2. The molecule has 0 unspecified atom stereocenters. The van der Waals surface area contributed by atoms with Crippen LogP contribution < -0.4 is 0 Å². The summed E-state index contributed by atoms with van der Waals surface area (Å²) in [6.45, 7) is 6.25. The maximum atomic E-state index is 13.1. The summed E-state index contributed by atoms with van der Waals surface area (Å²) in [6.07, 6.45) is 5.07. The Bertz CT molecular complexity index is 1190. The Balaban J connectivity index is 1.62. The van der Waals surface area contributed by atoms with Gasteiger partial charge in [0.25, 0.3) is 5.91 Å². The molecule has 3 aromatic rings. The molecule has 6 heteroatoms. The zero-order valence-electron chi connectivity index (χ0n) is 18.2. The third-order valence-corrected chi connectivity index (χ3v) is 7.59. The van der Waals surface area contributed by atoms with Crippen LogP contribution in [0.5, 0.6) is 0 Å². The minimum atomic E-state index is -0.136. The second-order valence-electron chi connectivity index (χ2n) is 8.41. The first-order valence-corrected chi connectivity index (χ1v) is 11.8. The lowest BCUT2D eigenvalue weighted by atomic mass is 9.79. The molecule has 0 saturated carbocycles. The molecule has 0 radical (unpaired) electrons. The fourth-order valence-electron chi connectivity index (χ4n) is 5.17.